The zero-order valence-corrected chi connectivity index (χ0v) is 15.9. The van der Waals surface area contributed by atoms with Gasteiger partial charge in [-0.3, -0.25) is 4.79 Å². The molecule has 2 aromatic rings. The van der Waals surface area contributed by atoms with Crippen molar-refractivity contribution in [2.45, 2.75) is 17.4 Å². The van der Waals surface area contributed by atoms with Crippen LogP contribution in [0.25, 0.3) is 0 Å². The van der Waals surface area contributed by atoms with E-state index in [0.717, 1.165) is 5.56 Å². The summed E-state index contributed by atoms with van der Waals surface area (Å²) in [5.41, 5.74) is 0.756. The van der Waals surface area contributed by atoms with Crippen molar-refractivity contribution in [1.82, 2.24) is 4.72 Å². The summed E-state index contributed by atoms with van der Waals surface area (Å²) in [6.45, 7) is 0. The van der Waals surface area contributed by atoms with Crippen molar-refractivity contribution in [3.05, 3.63) is 63.6 Å². The molecule has 0 aromatic heterocycles. The Bertz CT molecular complexity index is 824. The quantitative estimate of drug-likeness (QED) is 0.712. The molecule has 0 amide bonds. The maximum absolute atomic E-state index is 12.5. The average Bonchev–Trinajstić information content (AvgIpc) is 2.55. The molecule has 0 heterocycles. The fourth-order valence-corrected chi connectivity index (χ4v) is 3.97. The minimum atomic E-state index is -3.87. The molecule has 0 aliphatic heterocycles. The molecule has 1 atom stereocenters. The molecular formula is C16H15BrClNO4S. The van der Waals surface area contributed by atoms with Gasteiger partial charge < -0.3 is 4.74 Å². The number of ether oxygens (including phenoxy) is 1. The number of esters is 1. The van der Waals surface area contributed by atoms with Gasteiger partial charge in [-0.1, -0.05) is 45.7 Å². The molecule has 1 unspecified atom stereocenters. The average molecular weight is 433 g/mol. The van der Waals surface area contributed by atoms with Gasteiger partial charge in [-0.25, -0.2) is 8.42 Å². The normalized spacial score (nSPS) is 12.6. The summed E-state index contributed by atoms with van der Waals surface area (Å²) in [7, 11) is -2.66. The van der Waals surface area contributed by atoms with Crippen LogP contribution < -0.4 is 4.72 Å². The van der Waals surface area contributed by atoms with E-state index in [1.165, 1.54) is 19.2 Å². The third kappa shape index (κ3) is 5.04. The lowest BCUT2D eigenvalue weighted by Gasteiger charge is -2.17. The summed E-state index contributed by atoms with van der Waals surface area (Å²) in [5.74, 6) is -0.663. The first-order valence-electron chi connectivity index (χ1n) is 6.92. The lowest BCUT2D eigenvalue weighted by atomic mass is 10.1. The summed E-state index contributed by atoms with van der Waals surface area (Å²) in [6, 6.07) is 12.0. The Morgan fingerprint density at radius 2 is 1.92 bits per heavy atom. The second-order valence-electron chi connectivity index (χ2n) is 4.98. The number of halogens is 2. The molecule has 0 bridgehead atoms. The van der Waals surface area contributed by atoms with Crippen molar-refractivity contribution in [2.24, 2.45) is 0 Å². The third-order valence-corrected chi connectivity index (χ3v) is 5.46. The lowest BCUT2D eigenvalue weighted by Crippen LogP contribution is -2.42. The number of sulfonamides is 1. The summed E-state index contributed by atoms with van der Waals surface area (Å²) in [4.78, 5) is 12.0. The summed E-state index contributed by atoms with van der Waals surface area (Å²) in [5, 5.41) is 0.558. The van der Waals surface area contributed by atoms with Crippen molar-refractivity contribution < 1.29 is 17.9 Å². The van der Waals surface area contributed by atoms with Crippen LogP contribution in [0.1, 0.15) is 5.56 Å². The Hall–Kier alpha value is -1.41. The first-order chi connectivity index (χ1) is 11.3. The minimum Gasteiger partial charge on any atom is -0.468 e. The number of hydrogen-bond donors (Lipinski definition) is 1. The van der Waals surface area contributed by atoms with Gasteiger partial charge in [-0.15, -0.1) is 0 Å². The topological polar surface area (TPSA) is 72.5 Å². The summed E-state index contributed by atoms with van der Waals surface area (Å²) >= 11 is 9.06. The summed E-state index contributed by atoms with van der Waals surface area (Å²) < 4.78 is 32.7. The van der Waals surface area contributed by atoms with E-state index in [1.807, 2.05) is 0 Å². The molecule has 0 saturated heterocycles. The van der Waals surface area contributed by atoms with Gasteiger partial charge >= 0.3 is 5.97 Å². The molecule has 0 fully saturated rings. The van der Waals surface area contributed by atoms with Gasteiger partial charge in [0.25, 0.3) is 0 Å². The minimum absolute atomic E-state index is 0.0573. The molecule has 0 spiro atoms. The molecule has 8 heteroatoms. The van der Waals surface area contributed by atoms with Crippen LogP contribution in [0.5, 0.6) is 0 Å². The van der Waals surface area contributed by atoms with Crippen LogP contribution in [0.3, 0.4) is 0 Å². The molecule has 2 rings (SSSR count). The Balaban J connectivity index is 2.25. The Morgan fingerprint density at radius 1 is 1.25 bits per heavy atom. The van der Waals surface area contributed by atoms with Crippen molar-refractivity contribution in [3.63, 3.8) is 0 Å². The van der Waals surface area contributed by atoms with Gasteiger partial charge in [0.2, 0.25) is 10.0 Å². The number of methoxy groups -OCH3 is 1. The van der Waals surface area contributed by atoms with Crippen LogP contribution in [0.15, 0.2) is 57.9 Å². The summed E-state index contributed by atoms with van der Waals surface area (Å²) in [6.07, 6.45) is 0.150. The highest BCUT2D eigenvalue weighted by Gasteiger charge is 2.26. The van der Waals surface area contributed by atoms with Crippen molar-refractivity contribution >= 4 is 43.5 Å². The van der Waals surface area contributed by atoms with E-state index in [-0.39, 0.29) is 11.3 Å². The molecule has 1 N–H and O–H groups in total. The zero-order chi connectivity index (χ0) is 17.7. The zero-order valence-electron chi connectivity index (χ0n) is 12.7. The molecule has 24 heavy (non-hydrogen) atoms. The van der Waals surface area contributed by atoms with E-state index in [1.54, 1.807) is 36.4 Å². The van der Waals surface area contributed by atoms with Gasteiger partial charge in [0.15, 0.2) is 0 Å². The SMILES string of the molecule is COC(=O)C(Cc1ccc(Cl)cc1)NS(=O)(=O)c1cccc(Br)c1. The molecular weight excluding hydrogens is 418 g/mol. The van der Waals surface area contributed by atoms with E-state index in [2.05, 4.69) is 20.7 Å². The Labute approximate surface area is 154 Å². The van der Waals surface area contributed by atoms with Gasteiger partial charge in [-0.05, 0) is 42.3 Å². The predicted molar refractivity (Wildman–Crippen MR) is 95.4 cm³/mol. The number of hydrogen-bond acceptors (Lipinski definition) is 4. The van der Waals surface area contributed by atoms with E-state index in [0.29, 0.717) is 9.50 Å². The number of carbonyl (C=O) groups is 1. The second-order valence-corrected chi connectivity index (χ2v) is 8.05. The van der Waals surface area contributed by atoms with E-state index >= 15 is 0 Å². The maximum atomic E-state index is 12.5. The highest BCUT2D eigenvalue weighted by molar-refractivity contribution is 9.10. The fraction of sp³-hybridized carbons (Fsp3) is 0.188. The van der Waals surface area contributed by atoms with Gasteiger partial charge in [0.05, 0.1) is 12.0 Å². The van der Waals surface area contributed by atoms with Crippen LogP contribution in [0.4, 0.5) is 0 Å². The standard InChI is InChI=1S/C16H15BrClNO4S/c1-23-16(20)15(9-11-5-7-13(18)8-6-11)19-24(21,22)14-4-2-3-12(17)10-14/h2-8,10,15,19H,9H2,1H3. The largest absolute Gasteiger partial charge is 0.468 e. The van der Waals surface area contributed by atoms with Crippen LogP contribution in [0, 0.1) is 0 Å². The van der Waals surface area contributed by atoms with Crippen molar-refractivity contribution in [1.29, 1.82) is 0 Å². The first-order valence-corrected chi connectivity index (χ1v) is 9.57. The van der Waals surface area contributed by atoms with Crippen molar-refractivity contribution in [3.8, 4) is 0 Å². The van der Waals surface area contributed by atoms with Gasteiger partial charge in [0, 0.05) is 9.50 Å². The molecule has 2 aromatic carbocycles. The fourth-order valence-electron chi connectivity index (χ4n) is 2.06. The predicted octanol–water partition coefficient (Wildman–Crippen LogP) is 3.17. The van der Waals surface area contributed by atoms with Gasteiger partial charge in [-0.2, -0.15) is 4.72 Å². The highest BCUT2D eigenvalue weighted by Crippen LogP contribution is 2.17. The number of rotatable bonds is 6. The molecule has 5 nitrogen and oxygen atoms in total. The highest BCUT2D eigenvalue weighted by atomic mass is 79.9. The van der Waals surface area contributed by atoms with E-state index in [4.69, 9.17) is 16.3 Å². The molecule has 0 radical (unpaired) electrons. The van der Waals surface area contributed by atoms with Crippen molar-refractivity contribution in [2.75, 3.05) is 7.11 Å². The number of carbonyl (C=O) groups excluding carboxylic acids is 1. The first kappa shape index (κ1) is 18.9. The van der Waals surface area contributed by atoms with Gasteiger partial charge in [0.1, 0.15) is 6.04 Å². The Morgan fingerprint density at radius 3 is 2.50 bits per heavy atom. The monoisotopic (exact) mass is 431 g/mol. The lowest BCUT2D eigenvalue weighted by molar-refractivity contribution is -0.142. The van der Waals surface area contributed by atoms with E-state index < -0.39 is 22.0 Å². The van der Waals surface area contributed by atoms with Crippen LogP contribution in [-0.4, -0.2) is 27.5 Å². The van der Waals surface area contributed by atoms with Crippen LogP contribution in [-0.2, 0) is 26.0 Å². The molecule has 0 aliphatic rings. The molecule has 0 aliphatic carbocycles. The second kappa shape index (κ2) is 8.11. The van der Waals surface area contributed by atoms with E-state index in [9.17, 15) is 13.2 Å². The smallest absolute Gasteiger partial charge is 0.324 e. The number of nitrogens with one attached hydrogen (secondary N) is 1. The molecule has 128 valence electrons. The van der Waals surface area contributed by atoms with Crippen LogP contribution >= 0.6 is 27.5 Å². The number of benzene rings is 2. The maximum Gasteiger partial charge on any atom is 0.324 e. The Kier molecular flexibility index (Phi) is 6.40. The third-order valence-electron chi connectivity index (χ3n) is 3.24. The molecule has 0 saturated carbocycles. The van der Waals surface area contributed by atoms with Crippen LogP contribution in [0.2, 0.25) is 5.02 Å².